The van der Waals surface area contributed by atoms with Crippen LogP contribution in [0.1, 0.15) is 31.8 Å². The lowest BCUT2D eigenvalue weighted by molar-refractivity contribution is 1.15. The van der Waals surface area contributed by atoms with Gasteiger partial charge in [0.25, 0.3) is 0 Å². The van der Waals surface area contributed by atoms with Gasteiger partial charge in [0.2, 0.25) is 0 Å². The van der Waals surface area contributed by atoms with Gasteiger partial charge in [-0.25, -0.2) is 0 Å². The third kappa shape index (κ3) is 2.52. The number of hydrogen-bond donors (Lipinski definition) is 0. The minimum Gasteiger partial charge on any atom is -0.143 e. The first-order valence-electron chi connectivity index (χ1n) is 5.46. The van der Waals surface area contributed by atoms with Gasteiger partial charge < -0.3 is 0 Å². The van der Waals surface area contributed by atoms with Crippen LogP contribution in [-0.4, -0.2) is 0 Å². The average molecular weight is 285 g/mol. The van der Waals surface area contributed by atoms with Crippen molar-refractivity contribution in [3.8, 4) is 0 Å². The van der Waals surface area contributed by atoms with Crippen LogP contribution in [0.5, 0.6) is 0 Å². The maximum atomic E-state index is 6.55. The molecule has 0 fully saturated rings. The highest BCUT2D eigenvalue weighted by Gasteiger charge is 2.18. The molecule has 1 aromatic heterocycles. The Hall–Kier alpha value is -0.500. The minimum atomic E-state index is -0.152. The van der Waals surface area contributed by atoms with Crippen LogP contribution in [0.4, 0.5) is 0 Å². The van der Waals surface area contributed by atoms with Gasteiger partial charge in [-0.3, -0.25) is 0 Å². The number of rotatable bonds is 2. The Bertz CT molecular complexity index is 543. The van der Waals surface area contributed by atoms with Crippen molar-refractivity contribution in [1.29, 1.82) is 0 Å². The molecule has 1 atom stereocenters. The molecule has 90 valence electrons. The van der Waals surface area contributed by atoms with E-state index in [-0.39, 0.29) is 5.38 Å². The monoisotopic (exact) mass is 284 g/mol. The summed E-state index contributed by atoms with van der Waals surface area (Å²) >= 11 is 14.6. The van der Waals surface area contributed by atoms with Crippen LogP contribution >= 0.6 is 34.5 Å². The summed E-state index contributed by atoms with van der Waals surface area (Å²) in [5.74, 6) is 0. The van der Waals surface area contributed by atoms with Crippen molar-refractivity contribution >= 4 is 34.5 Å². The van der Waals surface area contributed by atoms with E-state index in [0.29, 0.717) is 0 Å². The Morgan fingerprint density at radius 3 is 2.41 bits per heavy atom. The lowest BCUT2D eigenvalue weighted by atomic mass is 10.1. The predicted octanol–water partition coefficient (Wildman–Crippen LogP) is 5.65. The maximum absolute atomic E-state index is 6.55. The molecular formula is C14H14Cl2S. The zero-order valence-electron chi connectivity index (χ0n) is 10.1. The van der Waals surface area contributed by atoms with Crippen LogP contribution in [0.15, 0.2) is 24.3 Å². The van der Waals surface area contributed by atoms with Gasteiger partial charge in [0, 0.05) is 14.8 Å². The van der Waals surface area contributed by atoms with Gasteiger partial charge in [0.05, 0.1) is 5.38 Å². The molecule has 2 aromatic rings. The molecule has 17 heavy (non-hydrogen) atoms. The number of thiophene rings is 1. The van der Waals surface area contributed by atoms with E-state index in [0.717, 1.165) is 16.1 Å². The molecule has 0 bridgehead atoms. The van der Waals surface area contributed by atoms with E-state index in [4.69, 9.17) is 23.2 Å². The second-order valence-electron chi connectivity index (χ2n) is 4.24. The van der Waals surface area contributed by atoms with Crippen LogP contribution in [0.2, 0.25) is 5.02 Å². The molecule has 0 amide bonds. The summed E-state index contributed by atoms with van der Waals surface area (Å²) in [5.41, 5.74) is 3.31. The van der Waals surface area contributed by atoms with E-state index in [1.165, 1.54) is 15.3 Å². The van der Waals surface area contributed by atoms with E-state index < -0.39 is 0 Å². The molecule has 0 spiro atoms. The molecule has 3 heteroatoms. The van der Waals surface area contributed by atoms with Gasteiger partial charge in [0.15, 0.2) is 0 Å². The Morgan fingerprint density at radius 1 is 1.12 bits per heavy atom. The van der Waals surface area contributed by atoms with Crippen molar-refractivity contribution < 1.29 is 0 Å². The zero-order valence-corrected chi connectivity index (χ0v) is 12.4. The summed E-state index contributed by atoms with van der Waals surface area (Å²) in [7, 11) is 0. The van der Waals surface area contributed by atoms with Crippen LogP contribution in [0, 0.1) is 20.8 Å². The van der Waals surface area contributed by atoms with E-state index in [9.17, 15) is 0 Å². The van der Waals surface area contributed by atoms with E-state index >= 15 is 0 Å². The molecule has 0 nitrogen and oxygen atoms in total. The molecule has 0 saturated heterocycles. The van der Waals surface area contributed by atoms with Crippen LogP contribution in [-0.2, 0) is 0 Å². The van der Waals surface area contributed by atoms with Gasteiger partial charge in [-0.1, -0.05) is 29.8 Å². The number of halogens is 2. The normalized spacial score (nSPS) is 12.8. The second kappa shape index (κ2) is 5.01. The van der Waals surface area contributed by atoms with Gasteiger partial charge >= 0.3 is 0 Å². The maximum Gasteiger partial charge on any atom is 0.0944 e. The zero-order chi connectivity index (χ0) is 12.6. The smallest absolute Gasteiger partial charge is 0.0944 e. The van der Waals surface area contributed by atoms with Gasteiger partial charge in [-0.15, -0.1) is 22.9 Å². The summed E-state index contributed by atoms with van der Waals surface area (Å²) in [5, 5.41) is 0.624. The van der Waals surface area contributed by atoms with Crippen molar-refractivity contribution in [2.24, 2.45) is 0 Å². The first-order chi connectivity index (χ1) is 8.00. The molecule has 1 heterocycles. The summed E-state index contributed by atoms with van der Waals surface area (Å²) < 4.78 is 0. The van der Waals surface area contributed by atoms with Crippen molar-refractivity contribution in [2.75, 3.05) is 0 Å². The fraction of sp³-hybridized carbons (Fsp3) is 0.286. The number of aryl methyl sites for hydroxylation is 3. The fourth-order valence-electron chi connectivity index (χ4n) is 1.92. The number of hydrogen-bond acceptors (Lipinski definition) is 1. The Balaban J connectivity index is 2.47. The Labute approximate surface area is 116 Å². The lowest BCUT2D eigenvalue weighted by Gasteiger charge is -2.12. The highest BCUT2D eigenvalue weighted by Crippen LogP contribution is 2.39. The molecular weight excluding hydrogens is 271 g/mol. The van der Waals surface area contributed by atoms with Crippen molar-refractivity contribution in [1.82, 2.24) is 0 Å². The van der Waals surface area contributed by atoms with E-state index in [1.54, 1.807) is 11.3 Å². The summed E-state index contributed by atoms with van der Waals surface area (Å²) in [4.78, 5) is 2.48. The molecule has 1 aromatic carbocycles. The largest absolute Gasteiger partial charge is 0.143 e. The number of alkyl halides is 1. The van der Waals surface area contributed by atoms with Crippen molar-refractivity contribution in [3.05, 3.63) is 55.7 Å². The first kappa shape index (κ1) is 12.9. The minimum absolute atomic E-state index is 0.152. The third-order valence-corrected chi connectivity index (χ3v) is 5.12. The molecule has 2 rings (SSSR count). The SMILES string of the molecule is Cc1cc(C)c(C(Cl)c2cccc(C)c2Cl)s1. The van der Waals surface area contributed by atoms with Gasteiger partial charge in [0.1, 0.15) is 0 Å². The Morgan fingerprint density at radius 2 is 1.82 bits per heavy atom. The third-order valence-electron chi connectivity index (χ3n) is 2.80. The summed E-state index contributed by atoms with van der Waals surface area (Å²) in [6.07, 6.45) is 0. The average Bonchev–Trinajstić information content (AvgIpc) is 2.61. The van der Waals surface area contributed by atoms with E-state index in [1.807, 2.05) is 25.1 Å². The standard InChI is InChI=1S/C14H14Cl2S/c1-8-5-4-6-11(12(8)15)13(16)14-9(2)7-10(3)17-14/h4-7,13H,1-3H3. The second-order valence-corrected chi connectivity index (χ2v) is 6.35. The summed E-state index contributed by atoms with van der Waals surface area (Å²) in [6, 6.07) is 8.17. The molecule has 0 aliphatic rings. The quantitative estimate of drug-likeness (QED) is 0.625. The van der Waals surface area contributed by atoms with Crippen LogP contribution < -0.4 is 0 Å². The van der Waals surface area contributed by atoms with Gasteiger partial charge in [-0.2, -0.15) is 0 Å². The molecule has 1 unspecified atom stereocenters. The van der Waals surface area contributed by atoms with Crippen molar-refractivity contribution in [2.45, 2.75) is 26.1 Å². The highest BCUT2D eigenvalue weighted by molar-refractivity contribution is 7.12. The van der Waals surface area contributed by atoms with Gasteiger partial charge in [-0.05, 0) is 43.5 Å². The van der Waals surface area contributed by atoms with E-state index in [2.05, 4.69) is 19.9 Å². The number of benzene rings is 1. The molecule has 0 N–H and O–H groups in total. The highest BCUT2D eigenvalue weighted by atomic mass is 35.5. The lowest BCUT2D eigenvalue weighted by Crippen LogP contribution is -1.94. The molecule has 0 aliphatic carbocycles. The van der Waals surface area contributed by atoms with Crippen molar-refractivity contribution in [3.63, 3.8) is 0 Å². The fourth-order valence-corrected chi connectivity index (χ4v) is 3.73. The van der Waals surface area contributed by atoms with Crippen LogP contribution in [0.3, 0.4) is 0 Å². The Kier molecular flexibility index (Phi) is 3.82. The molecule has 0 saturated carbocycles. The van der Waals surface area contributed by atoms with Crippen LogP contribution in [0.25, 0.3) is 0 Å². The summed E-state index contributed by atoms with van der Waals surface area (Å²) in [6.45, 7) is 6.20. The first-order valence-corrected chi connectivity index (χ1v) is 7.10. The molecule has 0 aliphatic heterocycles. The predicted molar refractivity (Wildman–Crippen MR) is 77.7 cm³/mol. The topological polar surface area (TPSA) is 0 Å². The molecule has 0 radical (unpaired) electrons.